The van der Waals surface area contributed by atoms with Crippen LogP contribution in [0.4, 0.5) is 0 Å². The molecule has 20 heavy (non-hydrogen) atoms. The van der Waals surface area contributed by atoms with Crippen LogP contribution in [-0.4, -0.2) is 53.5 Å². The molecule has 2 fully saturated rings. The number of nitrogens with zero attached hydrogens (tertiary/aromatic N) is 2. The third kappa shape index (κ3) is 3.34. The maximum absolute atomic E-state index is 12.5. The van der Waals surface area contributed by atoms with Crippen molar-refractivity contribution in [2.24, 2.45) is 17.6 Å². The molecular formula is C16H31N3O. The van der Waals surface area contributed by atoms with Crippen LogP contribution >= 0.6 is 0 Å². The van der Waals surface area contributed by atoms with Gasteiger partial charge in [0.1, 0.15) is 0 Å². The lowest BCUT2D eigenvalue weighted by atomic mass is 9.78. The zero-order valence-electron chi connectivity index (χ0n) is 13.5. The van der Waals surface area contributed by atoms with Gasteiger partial charge >= 0.3 is 0 Å². The lowest BCUT2D eigenvalue weighted by molar-refractivity contribution is -0.135. The van der Waals surface area contributed by atoms with Crippen molar-refractivity contribution in [3.63, 3.8) is 0 Å². The zero-order valence-corrected chi connectivity index (χ0v) is 13.5. The number of nitrogens with two attached hydrogens (primary N) is 1. The van der Waals surface area contributed by atoms with Gasteiger partial charge in [0.05, 0.1) is 6.54 Å². The maximum atomic E-state index is 12.5. The van der Waals surface area contributed by atoms with E-state index in [-0.39, 0.29) is 18.0 Å². The summed E-state index contributed by atoms with van der Waals surface area (Å²) in [7, 11) is 0. The summed E-state index contributed by atoms with van der Waals surface area (Å²) >= 11 is 0. The Morgan fingerprint density at radius 3 is 2.40 bits per heavy atom. The van der Waals surface area contributed by atoms with Crippen molar-refractivity contribution in [2.75, 3.05) is 19.6 Å². The standard InChI is InChI=1S/C16H31N3O/c1-11(2)19(12(3)4)16(20)10-18-8-13-6-5-7-15(17)14(13)9-18/h11-15H,5-10,17H2,1-4H3. The number of fused-ring (bicyclic) bond motifs is 1. The highest BCUT2D eigenvalue weighted by molar-refractivity contribution is 5.78. The Hall–Kier alpha value is -0.610. The SMILES string of the molecule is CC(C)N(C(=O)CN1CC2CCCC(N)C2C1)C(C)C. The number of hydrogen-bond donors (Lipinski definition) is 1. The average molecular weight is 281 g/mol. The Balaban J connectivity index is 1.92. The largest absolute Gasteiger partial charge is 0.337 e. The molecule has 2 rings (SSSR count). The fourth-order valence-corrected chi connectivity index (χ4v) is 4.18. The summed E-state index contributed by atoms with van der Waals surface area (Å²) in [6, 6.07) is 0.893. The Morgan fingerprint density at radius 2 is 1.85 bits per heavy atom. The van der Waals surface area contributed by atoms with Crippen molar-refractivity contribution >= 4 is 5.91 Å². The highest BCUT2D eigenvalue weighted by atomic mass is 16.2. The van der Waals surface area contributed by atoms with Crippen LogP contribution < -0.4 is 5.73 Å². The van der Waals surface area contributed by atoms with E-state index in [0.717, 1.165) is 25.4 Å². The van der Waals surface area contributed by atoms with Gasteiger partial charge in [0.25, 0.3) is 0 Å². The molecule has 1 saturated carbocycles. The Bertz CT molecular complexity index is 335. The van der Waals surface area contributed by atoms with Crippen LogP contribution in [0, 0.1) is 11.8 Å². The van der Waals surface area contributed by atoms with Gasteiger partial charge in [-0.2, -0.15) is 0 Å². The molecule has 2 aliphatic rings. The smallest absolute Gasteiger partial charge is 0.237 e. The van der Waals surface area contributed by atoms with Crippen LogP contribution in [0.1, 0.15) is 47.0 Å². The molecule has 0 aromatic rings. The van der Waals surface area contributed by atoms with Crippen molar-refractivity contribution < 1.29 is 4.79 Å². The molecule has 0 bridgehead atoms. The van der Waals surface area contributed by atoms with E-state index in [0.29, 0.717) is 18.5 Å². The Morgan fingerprint density at radius 1 is 1.20 bits per heavy atom. The minimum atomic E-state index is 0.266. The summed E-state index contributed by atoms with van der Waals surface area (Å²) < 4.78 is 0. The maximum Gasteiger partial charge on any atom is 0.237 e. The minimum absolute atomic E-state index is 0.266. The van der Waals surface area contributed by atoms with E-state index in [1.165, 1.54) is 12.8 Å². The van der Waals surface area contributed by atoms with Crippen LogP contribution in [0.15, 0.2) is 0 Å². The molecule has 3 atom stereocenters. The number of rotatable bonds is 4. The van der Waals surface area contributed by atoms with Gasteiger partial charge < -0.3 is 10.6 Å². The number of amides is 1. The van der Waals surface area contributed by atoms with Crippen LogP contribution in [0.5, 0.6) is 0 Å². The van der Waals surface area contributed by atoms with E-state index < -0.39 is 0 Å². The fourth-order valence-electron chi connectivity index (χ4n) is 4.18. The highest BCUT2D eigenvalue weighted by Gasteiger charge is 2.39. The summed E-state index contributed by atoms with van der Waals surface area (Å²) in [6.07, 6.45) is 3.71. The van der Waals surface area contributed by atoms with Gasteiger partial charge in [-0.1, -0.05) is 6.42 Å². The van der Waals surface area contributed by atoms with Gasteiger partial charge in [0, 0.05) is 31.2 Å². The van der Waals surface area contributed by atoms with Gasteiger partial charge in [-0.05, 0) is 52.4 Å². The summed E-state index contributed by atoms with van der Waals surface area (Å²) in [4.78, 5) is 16.9. The molecular weight excluding hydrogens is 250 g/mol. The molecule has 1 amide bonds. The normalized spacial score (nSPS) is 30.9. The molecule has 4 heteroatoms. The fraction of sp³-hybridized carbons (Fsp3) is 0.938. The predicted octanol–water partition coefficient (Wildman–Crippen LogP) is 1.69. The molecule has 0 spiro atoms. The second-order valence-corrected chi connectivity index (χ2v) is 7.20. The first-order chi connectivity index (χ1) is 9.40. The molecule has 1 aliphatic carbocycles. The first-order valence-corrected chi connectivity index (χ1v) is 8.19. The van der Waals surface area contributed by atoms with Crippen molar-refractivity contribution in [2.45, 2.75) is 65.1 Å². The molecule has 0 aromatic heterocycles. The summed E-state index contributed by atoms with van der Waals surface area (Å²) in [5.74, 6) is 1.60. The van der Waals surface area contributed by atoms with Crippen LogP contribution in [-0.2, 0) is 4.79 Å². The van der Waals surface area contributed by atoms with Crippen molar-refractivity contribution in [1.82, 2.24) is 9.80 Å². The molecule has 1 aliphatic heterocycles. The van der Waals surface area contributed by atoms with Crippen LogP contribution in [0.2, 0.25) is 0 Å². The molecule has 2 N–H and O–H groups in total. The van der Waals surface area contributed by atoms with E-state index in [1.54, 1.807) is 0 Å². The van der Waals surface area contributed by atoms with Crippen molar-refractivity contribution in [3.8, 4) is 0 Å². The molecule has 3 unspecified atom stereocenters. The third-order valence-electron chi connectivity index (χ3n) is 4.99. The van der Waals surface area contributed by atoms with Crippen LogP contribution in [0.25, 0.3) is 0 Å². The molecule has 116 valence electrons. The quantitative estimate of drug-likeness (QED) is 0.853. The van der Waals surface area contributed by atoms with Gasteiger partial charge in [0.2, 0.25) is 5.91 Å². The first kappa shape index (κ1) is 15.8. The zero-order chi connectivity index (χ0) is 14.9. The van der Waals surface area contributed by atoms with Gasteiger partial charge in [-0.25, -0.2) is 0 Å². The lowest BCUT2D eigenvalue weighted by Gasteiger charge is -2.32. The average Bonchev–Trinajstić information content (AvgIpc) is 2.71. The monoisotopic (exact) mass is 281 g/mol. The van der Waals surface area contributed by atoms with E-state index in [9.17, 15) is 4.79 Å². The number of hydrogen-bond acceptors (Lipinski definition) is 3. The topological polar surface area (TPSA) is 49.6 Å². The van der Waals surface area contributed by atoms with Crippen LogP contribution in [0.3, 0.4) is 0 Å². The minimum Gasteiger partial charge on any atom is -0.337 e. The molecule has 0 radical (unpaired) electrons. The van der Waals surface area contributed by atoms with Gasteiger partial charge in [-0.15, -0.1) is 0 Å². The molecule has 1 heterocycles. The number of likely N-dealkylation sites (tertiary alicyclic amines) is 1. The van der Waals surface area contributed by atoms with Crippen molar-refractivity contribution in [1.29, 1.82) is 0 Å². The van der Waals surface area contributed by atoms with E-state index >= 15 is 0 Å². The van der Waals surface area contributed by atoms with E-state index in [4.69, 9.17) is 5.73 Å². The number of carbonyl (C=O) groups excluding carboxylic acids is 1. The van der Waals surface area contributed by atoms with E-state index in [1.807, 2.05) is 4.90 Å². The van der Waals surface area contributed by atoms with E-state index in [2.05, 4.69) is 32.6 Å². The number of carbonyl (C=O) groups is 1. The Kier molecular flexibility index (Phi) is 5.08. The summed E-state index contributed by atoms with van der Waals surface area (Å²) in [6.45, 7) is 11.0. The second kappa shape index (κ2) is 6.44. The summed E-state index contributed by atoms with van der Waals surface area (Å²) in [5.41, 5.74) is 6.25. The molecule has 1 saturated heterocycles. The second-order valence-electron chi connectivity index (χ2n) is 7.20. The first-order valence-electron chi connectivity index (χ1n) is 8.19. The molecule has 0 aromatic carbocycles. The summed E-state index contributed by atoms with van der Waals surface area (Å²) in [5, 5.41) is 0. The lowest BCUT2D eigenvalue weighted by Crippen LogP contribution is -2.47. The van der Waals surface area contributed by atoms with Crippen molar-refractivity contribution in [3.05, 3.63) is 0 Å². The molecule has 4 nitrogen and oxygen atoms in total. The predicted molar refractivity (Wildman–Crippen MR) is 82.4 cm³/mol. The Labute approximate surface area is 123 Å². The van der Waals surface area contributed by atoms with Gasteiger partial charge in [-0.3, -0.25) is 9.69 Å². The highest BCUT2D eigenvalue weighted by Crippen LogP contribution is 2.35. The van der Waals surface area contributed by atoms with Gasteiger partial charge in [0.15, 0.2) is 0 Å². The third-order valence-corrected chi connectivity index (χ3v) is 4.99.